The molecule has 0 aromatic heterocycles. The second-order valence-electron chi connectivity index (χ2n) is 5.53. The van der Waals surface area contributed by atoms with E-state index in [1.54, 1.807) is 24.3 Å². The zero-order valence-electron chi connectivity index (χ0n) is 12.7. The molecule has 0 bridgehead atoms. The van der Waals surface area contributed by atoms with Gasteiger partial charge in [0.2, 0.25) is 5.91 Å². The number of hydrogen-bond acceptors (Lipinski definition) is 4. The summed E-state index contributed by atoms with van der Waals surface area (Å²) in [5.41, 5.74) is 0.928. The third-order valence-corrected chi connectivity index (χ3v) is 3.49. The fraction of sp³-hybridized carbons (Fsp3) is 0.438. The molecule has 0 aliphatic heterocycles. The van der Waals surface area contributed by atoms with Crippen LogP contribution in [0.25, 0.3) is 0 Å². The van der Waals surface area contributed by atoms with Crippen molar-refractivity contribution in [3.05, 3.63) is 29.8 Å². The van der Waals surface area contributed by atoms with Crippen LogP contribution in [0.3, 0.4) is 0 Å². The molecule has 22 heavy (non-hydrogen) atoms. The van der Waals surface area contributed by atoms with Crippen LogP contribution in [0.4, 0.5) is 5.69 Å². The number of rotatable bonds is 6. The number of amides is 2. The summed E-state index contributed by atoms with van der Waals surface area (Å²) >= 11 is 0. The third kappa shape index (κ3) is 4.87. The number of benzene rings is 1. The van der Waals surface area contributed by atoms with E-state index in [4.69, 9.17) is 4.74 Å². The van der Waals surface area contributed by atoms with Gasteiger partial charge in [-0.15, -0.1) is 0 Å². The summed E-state index contributed by atoms with van der Waals surface area (Å²) in [6.45, 7) is 3.07. The molecule has 1 fully saturated rings. The number of nitrogens with one attached hydrogen (secondary N) is 2. The SMILES string of the molecule is CC(=O)Nc1ccc(C(=O)OCC(=O)N[C@H](C)C2CC2)cc1. The standard InChI is InChI=1S/C16H20N2O4/c1-10(12-3-4-12)17-15(20)9-22-16(21)13-5-7-14(8-6-13)18-11(2)19/h5-8,10,12H,3-4,9H2,1-2H3,(H,17,20)(H,18,19)/t10-/m1/s1. The molecule has 2 amide bonds. The Morgan fingerprint density at radius 3 is 2.41 bits per heavy atom. The van der Waals surface area contributed by atoms with E-state index in [0.717, 1.165) is 12.8 Å². The molecule has 1 aliphatic carbocycles. The van der Waals surface area contributed by atoms with E-state index in [-0.39, 0.29) is 24.5 Å². The first-order valence-electron chi connectivity index (χ1n) is 7.30. The molecule has 0 heterocycles. The van der Waals surface area contributed by atoms with Crippen molar-refractivity contribution in [2.75, 3.05) is 11.9 Å². The minimum atomic E-state index is -0.566. The van der Waals surface area contributed by atoms with E-state index >= 15 is 0 Å². The normalized spacial score (nSPS) is 14.8. The van der Waals surface area contributed by atoms with E-state index in [1.807, 2.05) is 6.92 Å². The van der Waals surface area contributed by atoms with E-state index in [2.05, 4.69) is 10.6 Å². The largest absolute Gasteiger partial charge is 0.452 e. The highest BCUT2D eigenvalue weighted by atomic mass is 16.5. The van der Waals surface area contributed by atoms with Gasteiger partial charge in [-0.1, -0.05) is 0 Å². The van der Waals surface area contributed by atoms with Crippen LogP contribution in [-0.4, -0.2) is 30.4 Å². The third-order valence-electron chi connectivity index (χ3n) is 3.49. The molecule has 0 unspecified atom stereocenters. The molecule has 0 spiro atoms. The topological polar surface area (TPSA) is 84.5 Å². The highest BCUT2D eigenvalue weighted by Crippen LogP contribution is 2.32. The van der Waals surface area contributed by atoms with Crippen molar-refractivity contribution in [3.8, 4) is 0 Å². The quantitative estimate of drug-likeness (QED) is 0.784. The second kappa shape index (κ2) is 7.06. The first-order valence-corrected chi connectivity index (χ1v) is 7.30. The van der Waals surface area contributed by atoms with Crippen LogP contribution >= 0.6 is 0 Å². The molecule has 1 atom stereocenters. The smallest absolute Gasteiger partial charge is 0.338 e. The molecule has 6 nitrogen and oxygen atoms in total. The maximum absolute atomic E-state index is 11.8. The van der Waals surface area contributed by atoms with E-state index in [9.17, 15) is 14.4 Å². The molecule has 1 saturated carbocycles. The lowest BCUT2D eigenvalue weighted by Gasteiger charge is -2.12. The van der Waals surface area contributed by atoms with E-state index in [1.165, 1.54) is 6.92 Å². The van der Waals surface area contributed by atoms with Gasteiger partial charge < -0.3 is 15.4 Å². The van der Waals surface area contributed by atoms with Crippen molar-refractivity contribution in [1.82, 2.24) is 5.32 Å². The van der Waals surface area contributed by atoms with Gasteiger partial charge in [0, 0.05) is 18.7 Å². The molecule has 2 N–H and O–H groups in total. The van der Waals surface area contributed by atoms with Crippen LogP contribution in [0.5, 0.6) is 0 Å². The first kappa shape index (κ1) is 16.0. The summed E-state index contributed by atoms with van der Waals surface area (Å²) in [4.78, 5) is 34.4. The summed E-state index contributed by atoms with van der Waals surface area (Å²) in [6.07, 6.45) is 2.28. The highest BCUT2D eigenvalue weighted by Gasteiger charge is 2.28. The van der Waals surface area contributed by atoms with Gasteiger partial charge in [0.05, 0.1) is 5.56 Å². The maximum Gasteiger partial charge on any atom is 0.338 e. The van der Waals surface area contributed by atoms with E-state index in [0.29, 0.717) is 17.2 Å². The molecule has 1 aromatic rings. The highest BCUT2D eigenvalue weighted by molar-refractivity contribution is 5.93. The minimum absolute atomic E-state index is 0.128. The summed E-state index contributed by atoms with van der Waals surface area (Å²) in [6, 6.07) is 6.42. The Labute approximate surface area is 129 Å². The molecule has 0 radical (unpaired) electrons. The van der Waals surface area contributed by atoms with Gasteiger partial charge >= 0.3 is 5.97 Å². The lowest BCUT2D eigenvalue weighted by Crippen LogP contribution is -2.37. The molecular formula is C16H20N2O4. The zero-order valence-corrected chi connectivity index (χ0v) is 12.7. The van der Waals surface area contributed by atoms with Crippen LogP contribution in [-0.2, 0) is 14.3 Å². The van der Waals surface area contributed by atoms with Gasteiger partial charge in [0.15, 0.2) is 6.61 Å². The Kier molecular flexibility index (Phi) is 5.14. The Hall–Kier alpha value is -2.37. The zero-order chi connectivity index (χ0) is 16.1. The van der Waals surface area contributed by atoms with Crippen molar-refractivity contribution in [2.45, 2.75) is 32.7 Å². The first-order chi connectivity index (χ1) is 10.5. The summed E-state index contributed by atoms with van der Waals surface area (Å²) in [5, 5.41) is 5.42. The number of anilines is 1. The van der Waals surface area contributed by atoms with Gasteiger partial charge in [-0.05, 0) is 49.9 Å². The fourth-order valence-corrected chi connectivity index (χ4v) is 2.12. The monoisotopic (exact) mass is 304 g/mol. The van der Waals surface area contributed by atoms with Gasteiger partial charge in [0.25, 0.3) is 5.91 Å². The molecule has 2 rings (SSSR count). The second-order valence-corrected chi connectivity index (χ2v) is 5.53. The Balaban J connectivity index is 1.78. The average molecular weight is 304 g/mol. The maximum atomic E-state index is 11.8. The summed E-state index contributed by atoms with van der Waals surface area (Å²) in [7, 11) is 0. The number of carbonyl (C=O) groups is 3. The lowest BCUT2D eigenvalue weighted by molar-refractivity contribution is -0.125. The molecular weight excluding hydrogens is 284 g/mol. The van der Waals surface area contributed by atoms with Crippen molar-refractivity contribution >= 4 is 23.5 Å². The van der Waals surface area contributed by atoms with Crippen molar-refractivity contribution in [3.63, 3.8) is 0 Å². The Bertz CT molecular complexity index is 564. The van der Waals surface area contributed by atoms with Crippen molar-refractivity contribution in [2.24, 2.45) is 5.92 Å². The van der Waals surface area contributed by atoms with Crippen molar-refractivity contribution in [1.29, 1.82) is 0 Å². The summed E-state index contributed by atoms with van der Waals surface area (Å²) in [5.74, 6) is -0.482. The van der Waals surface area contributed by atoms with Crippen LogP contribution in [0.2, 0.25) is 0 Å². The van der Waals surface area contributed by atoms with Crippen molar-refractivity contribution < 1.29 is 19.1 Å². The van der Waals surface area contributed by atoms with Gasteiger partial charge in [-0.2, -0.15) is 0 Å². The number of carbonyl (C=O) groups excluding carboxylic acids is 3. The van der Waals surface area contributed by atoms with Gasteiger partial charge in [0.1, 0.15) is 0 Å². The number of esters is 1. The van der Waals surface area contributed by atoms with Gasteiger partial charge in [-0.25, -0.2) is 4.79 Å². The lowest BCUT2D eigenvalue weighted by atomic mass is 10.2. The summed E-state index contributed by atoms with van der Waals surface area (Å²) < 4.78 is 4.97. The van der Waals surface area contributed by atoms with Crippen LogP contribution in [0.1, 0.15) is 37.0 Å². The van der Waals surface area contributed by atoms with Crippen LogP contribution in [0, 0.1) is 5.92 Å². The molecule has 118 valence electrons. The molecule has 0 saturated heterocycles. The molecule has 1 aliphatic rings. The van der Waals surface area contributed by atoms with Crippen LogP contribution in [0.15, 0.2) is 24.3 Å². The Morgan fingerprint density at radius 1 is 1.23 bits per heavy atom. The number of hydrogen-bond donors (Lipinski definition) is 2. The minimum Gasteiger partial charge on any atom is -0.452 e. The average Bonchev–Trinajstić information content (AvgIpc) is 3.29. The Morgan fingerprint density at radius 2 is 1.86 bits per heavy atom. The van der Waals surface area contributed by atoms with Crippen LogP contribution < -0.4 is 10.6 Å². The van der Waals surface area contributed by atoms with E-state index < -0.39 is 5.97 Å². The predicted octanol–water partition coefficient (Wildman–Crippen LogP) is 1.72. The molecule has 1 aromatic carbocycles. The molecule has 6 heteroatoms. The van der Waals surface area contributed by atoms with Gasteiger partial charge in [-0.3, -0.25) is 9.59 Å². The predicted molar refractivity (Wildman–Crippen MR) is 81.4 cm³/mol. The number of ether oxygens (including phenoxy) is 1. The fourth-order valence-electron chi connectivity index (χ4n) is 2.12.